The molecule has 1 heterocycles. The third-order valence-electron chi connectivity index (χ3n) is 5.11. The Hall–Kier alpha value is -1.90. The number of benzene rings is 1. The van der Waals surface area contributed by atoms with Crippen molar-refractivity contribution in [3.05, 3.63) is 52.9 Å². The number of nitrogens with two attached hydrogens (primary N) is 1. The molecule has 0 spiro atoms. The SMILES string of the molecule is CN=C(NCc1ccc(S(N)(=O)=O)s1)NCC1(c2ccccc2)CCCC1. The molecule has 8 heteroatoms. The fourth-order valence-corrected chi connectivity index (χ4v) is 5.38. The Morgan fingerprint density at radius 3 is 2.44 bits per heavy atom. The molecule has 146 valence electrons. The molecule has 0 radical (unpaired) electrons. The summed E-state index contributed by atoms with van der Waals surface area (Å²) >= 11 is 1.17. The highest BCUT2D eigenvalue weighted by molar-refractivity contribution is 7.91. The number of hydrogen-bond donors (Lipinski definition) is 3. The van der Waals surface area contributed by atoms with E-state index in [0.29, 0.717) is 12.5 Å². The molecule has 1 fully saturated rings. The Morgan fingerprint density at radius 2 is 1.85 bits per heavy atom. The predicted molar refractivity (Wildman–Crippen MR) is 110 cm³/mol. The number of hydrogen-bond acceptors (Lipinski definition) is 4. The summed E-state index contributed by atoms with van der Waals surface area (Å²) in [5, 5.41) is 11.9. The van der Waals surface area contributed by atoms with Gasteiger partial charge >= 0.3 is 0 Å². The van der Waals surface area contributed by atoms with E-state index in [1.165, 1.54) is 48.6 Å². The lowest BCUT2D eigenvalue weighted by Crippen LogP contribution is -2.44. The van der Waals surface area contributed by atoms with Crippen molar-refractivity contribution in [2.24, 2.45) is 10.1 Å². The normalized spacial score (nSPS) is 17.0. The minimum absolute atomic E-state index is 0.141. The predicted octanol–water partition coefficient (Wildman–Crippen LogP) is 2.57. The van der Waals surface area contributed by atoms with E-state index < -0.39 is 10.0 Å². The molecule has 1 aromatic carbocycles. The van der Waals surface area contributed by atoms with E-state index in [1.807, 2.05) is 0 Å². The number of thiophene rings is 1. The summed E-state index contributed by atoms with van der Waals surface area (Å²) in [6.07, 6.45) is 4.83. The summed E-state index contributed by atoms with van der Waals surface area (Å²) in [4.78, 5) is 5.19. The van der Waals surface area contributed by atoms with Crippen LogP contribution in [-0.4, -0.2) is 28.0 Å². The molecule has 0 amide bonds. The van der Waals surface area contributed by atoms with Crippen molar-refractivity contribution in [2.45, 2.75) is 41.9 Å². The molecule has 2 aromatic rings. The van der Waals surface area contributed by atoms with Crippen molar-refractivity contribution in [1.82, 2.24) is 10.6 Å². The van der Waals surface area contributed by atoms with E-state index in [9.17, 15) is 8.42 Å². The maximum absolute atomic E-state index is 11.4. The molecule has 6 nitrogen and oxygen atoms in total. The van der Waals surface area contributed by atoms with E-state index in [0.717, 1.165) is 11.4 Å². The average Bonchev–Trinajstić information content (AvgIpc) is 3.33. The van der Waals surface area contributed by atoms with Gasteiger partial charge in [-0.05, 0) is 30.5 Å². The van der Waals surface area contributed by atoms with Crippen molar-refractivity contribution >= 4 is 27.3 Å². The van der Waals surface area contributed by atoms with Gasteiger partial charge in [0.05, 0.1) is 6.54 Å². The van der Waals surface area contributed by atoms with Gasteiger partial charge in [0.2, 0.25) is 10.0 Å². The zero-order valence-electron chi connectivity index (χ0n) is 15.4. The van der Waals surface area contributed by atoms with Crippen LogP contribution in [0.5, 0.6) is 0 Å². The first-order valence-corrected chi connectivity index (χ1v) is 11.4. The molecular weight excluding hydrogens is 380 g/mol. The Labute approximate surface area is 165 Å². The van der Waals surface area contributed by atoms with Crippen molar-refractivity contribution in [2.75, 3.05) is 13.6 Å². The minimum Gasteiger partial charge on any atom is -0.356 e. The van der Waals surface area contributed by atoms with Crippen LogP contribution in [0.25, 0.3) is 0 Å². The van der Waals surface area contributed by atoms with E-state index in [4.69, 9.17) is 5.14 Å². The van der Waals surface area contributed by atoms with E-state index in [-0.39, 0.29) is 9.62 Å². The second kappa shape index (κ2) is 8.41. The van der Waals surface area contributed by atoms with Crippen LogP contribution in [0.1, 0.15) is 36.1 Å². The van der Waals surface area contributed by atoms with Gasteiger partial charge in [-0.15, -0.1) is 11.3 Å². The third kappa shape index (κ3) is 4.88. The average molecular weight is 407 g/mol. The Kier molecular flexibility index (Phi) is 6.18. The van der Waals surface area contributed by atoms with Crippen LogP contribution >= 0.6 is 11.3 Å². The molecule has 27 heavy (non-hydrogen) atoms. The molecule has 0 unspecified atom stereocenters. The van der Waals surface area contributed by atoms with Gasteiger partial charge in [-0.25, -0.2) is 13.6 Å². The maximum Gasteiger partial charge on any atom is 0.247 e. The topological polar surface area (TPSA) is 96.6 Å². The lowest BCUT2D eigenvalue weighted by Gasteiger charge is -2.30. The van der Waals surface area contributed by atoms with Crippen molar-refractivity contribution in [3.63, 3.8) is 0 Å². The molecule has 4 N–H and O–H groups in total. The number of nitrogens with one attached hydrogen (secondary N) is 2. The van der Waals surface area contributed by atoms with Crippen LogP contribution in [0.15, 0.2) is 51.7 Å². The number of aliphatic imine (C=N–C) groups is 1. The van der Waals surface area contributed by atoms with Gasteiger partial charge in [0.15, 0.2) is 5.96 Å². The van der Waals surface area contributed by atoms with Crippen molar-refractivity contribution < 1.29 is 8.42 Å². The molecule has 0 aliphatic heterocycles. The Bertz CT molecular complexity index is 885. The van der Waals surface area contributed by atoms with Gasteiger partial charge in [0, 0.05) is 23.9 Å². The number of sulfonamides is 1. The first-order valence-electron chi connectivity index (χ1n) is 9.04. The Balaban J connectivity index is 1.61. The van der Waals surface area contributed by atoms with Gasteiger partial charge < -0.3 is 10.6 Å². The zero-order chi connectivity index (χ0) is 19.3. The van der Waals surface area contributed by atoms with Crippen molar-refractivity contribution in [1.29, 1.82) is 0 Å². The highest BCUT2D eigenvalue weighted by Crippen LogP contribution is 2.40. The summed E-state index contributed by atoms with van der Waals surface area (Å²) in [6.45, 7) is 1.32. The fourth-order valence-electron chi connectivity index (χ4n) is 3.66. The first kappa shape index (κ1) is 19.9. The van der Waals surface area contributed by atoms with Gasteiger partial charge in [-0.1, -0.05) is 43.2 Å². The van der Waals surface area contributed by atoms with E-state index in [1.54, 1.807) is 13.1 Å². The number of guanidine groups is 1. The standard InChI is InChI=1S/C19H26N4O2S2/c1-21-18(22-13-16-9-10-17(26-16)27(20,24)25)23-14-19(11-5-6-12-19)15-7-3-2-4-8-15/h2-4,7-10H,5-6,11-14H2,1H3,(H2,20,24,25)(H2,21,22,23). The molecule has 0 saturated heterocycles. The quantitative estimate of drug-likeness (QED) is 0.507. The zero-order valence-corrected chi connectivity index (χ0v) is 17.1. The second-order valence-electron chi connectivity index (χ2n) is 6.90. The van der Waals surface area contributed by atoms with Crippen LogP contribution in [0.2, 0.25) is 0 Å². The molecule has 0 bridgehead atoms. The van der Waals surface area contributed by atoms with Gasteiger partial charge in [-0.3, -0.25) is 4.99 Å². The van der Waals surface area contributed by atoms with Crippen LogP contribution in [-0.2, 0) is 22.0 Å². The van der Waals surface area contributed by atoms with Crippen LogP contribution in [0.4, 0.5) is 0 Å². The van der Waals surface area contributed by atoms with E-state index in [2.05, 4.69) is 46.0 Å². The molecule has 1 aliphatic rings. The number of nitrogens with zero attached hydrogens (tertiary/aromatic N) is 1. The van der Waals surface area contributed by atoms with Gasteiger partial charge in [0.25, 0.3) is 0 Å². The number of rotatable bonds is 6. The smallest absolute Gasteiger partial charge is 0.247 e. The van der Waals surface area contributed by atoms with Crippen LogP contribution in [0.3, 0.4) is 0 Å². The number of primary sulfonamides is 1. The largest absolute Gasteiger partial charge is 0.356 e. The first-order chi connectivity index (χ1) is 12.9. The third-order valence-corrected chi connectivity index (χ3v) is 7.64. The molecule has 1 aromatic heterocycles. The minimum atomic E-state index is -3.64. The van der Waals surface area contributed by atoms with Crippen LogP contribution < -0.4 is 15.8 Å². The molecule has 3 rings (SSSR count). The highest BCUT2D eigenvalue weighted by atomic mass is 32.2. The van der Waals surface area contributed by atoms with Gasteiger partial charge in [-0.2, -0.15) is 0 Å². The summed E-state index contributed by atoms with van der Waals surface area (Å²) in [5.41, 5.74) is 1.52. The maximum atomic E-state index is 11.4. The molecule has 1 saturated carbocycles. The molecule has 0 atom stereocenters. The second-order valence-corrected chi connectivity index (χ2v) is 9.86. The summed E-state index contributed by atoms with van der Waals surface area (Å²) in [7, 11) is -1.90. The molecule has 1 aliphatic carbocycles. The fraction of sp³-hybridized carbons (Fsp3) is 0.421. The van der Waals surface area contributed by atoms with E-state index >= 15 is 0 Å². The monoisotopic (exact) mass is 406 g/mol. The van der Waals surface area contributed by atoms with Gasteiger partial charge in [0.1, 0.15) is 4.21 Å². The van der Waals surface area contributed by atoms with Crippen molar-refractivity contribution in [3.8, 4) is 0 Å². The molecular formula is C19H26N4O2S2. The summed E-state index contributed by atoms with van der Waals surface area (Å²) < 4.78 is 23.0. The van der Waals surface area contributed by atoms with Crippen LogP contribution in [0, 0.1) is 0 Å². The lowest BCUT2D eigenvalue weighted by atomic mass is 9.79. The highest BCUT2D eigenvalue weighted by Gasteiger charge is 2.35. The summed E-state index contributed by atoms with van der Waals surface area (Å²) in [5.74, 6) is 0.711. The lowest BCUT2D eigenvalue weighted by molar-refractivity contribution is 0.432. The summed E-state index contributed by atoms with van der Waals surface area (Å²) in [6, 6.07) is 14.0. The Morgan fingerprint density at radius 1 is 1.15 bits per heavy atom.